The van der Waals surface area contributed by atoms with Gasteiger partial charge in [-0.15, -0.1) is 0 Å². The molecule has 16 aromatic rings. The van der Waals surface area contributed by atoms with E-state index in [0.29, 0.717) is 17.6 Å². The van der Waals surface area contributed by atoms with E-state index in [-0.39, 0.29) is 0 Å². The first kappa shape index (κ1) is 50.3. The minimum Gasteiger partial charge on any atom is -0.309 e. The van der Waals surface area contributed by atoms with Crippen LogP contribution in [0.2, 0.25) is 0 Å². The van der Waals surface area contributed by atoms with Gasteiger partial charge in [-0.3, -0.25) is 4.57 Å². The molecule has 0 aliphatic carbocycles. The van der Waals surface area contributed by atoms with E-state index in [0.717, 1.165) is 120 Å². The SMILES string of the molecule is O=P(c1ccccc1)(c1ccccc1)c1ccc2c(c1)c1ccccc1n2-c1ccc2c(c1)c1cc(-n3c4ccccc4c4cc(P(=O)(c5ccccc5)c5ccccc5)ccc43)ccc1n2-c1nc(-c2ccccc2)nc(-c2ccccc2)n1. The van der Waals surface area contributed by atoms with Crippen molar-refractivity contribution in [2.45, 2.75) is 0 Å². The van der Waals surface area contributed by atoms with Crippen LogP contribution in [-0.4, -0.2) is 28.7 Å². The maximum atomic E-state index is 15.9. The number of fused-ring (bicyclic) bond motifs is 9. The van der Waals surface area contributed by atoms with Crippen LogP contribution in [0.15, 0.2) is 303 Å². The van der Waals surface area contributed by atoms with Gasteiger partial charge < -0.3 is 18.3 Å². The van der Waals surface area contributed by atoms with Gasteiger partial charge in [0.1, 0.15) is 0 Å². The van der Waals surface area contributed by atoms with Crippen molar-refractivity contribution in [1.29, 1.82) is 0 Å². The second kappa shape index (κ2) is 20.1. The normalized spacial score (nSPS) is 12.1. The summed E-state index contributed by atoms with van der Waals surface area (Å²) in [6.07, 6.45) is 0. The number of hydrogen-bond acceptors (Lipinski definition) is 5. The Bertz CT molecular complexity index is 4940. The van der Waals surface area contributed by atoms with Gasteiger partial charge >= 0.3 is 0 Å². The zero-order valence-electron chi connectivity index (χ0n) is 45.8. The van der Waals surface area contributed by atoms with Gasteiger partial charge in [-0.2, -0.15) is 9.97 Å². The molecule has 0 fully saturated rings. The lowest BCUT2D eigenvalue weighted by Gasteiger charge is -2.20. The molecule has 0 saturated heterocycles. The third-order valence-corrected chi connectivity index (χ3v) is 22.8. The van der Waals surface area contributed by atoms with Crippen LogP contribution in [0.25, 0.3) is 106 Å². The van der Waals surface area contributed by atoms with E-state index in [4.69, 9.17) is 15.0 Å². The molecule has 85 heavy (non-hydrogen) atoms. The Labute approximate surface area is 490 Å². The lowest BCUT2D eigenvalue weighted by Crippen LogP contribution is -2.24. The molecule has 0 N–H and O–H groups in total. The van der Waals surface area contributed by atoms with E-state index in [1.165, 1.54) is 0 Å². The zero-order valence-corrected chi connectivity index (χ0v) is 47.6. The average Bonchev–Trinajstić information content (AvgIpc) is 1.76. The van der Waals surface area contributed by atoms with E-state index in [2.05, 4.69) is 135 Å². The Hall–Kier alpha value is -10.5. The largest absolute Gasteiger partial charge is 0.309 e. The summed E-state index contributed by atoms with van der Waals surface area (Å²) in [7, 11) is -6.58. The standard InChI is InChI=1S/C75H50N6O2P2/c82-84(55-27-11-3-12-28-55,56-29-13-4-14-30-56)59-41-45-69-65(49-59)61-35-19-21-37-67(61)79(69)53-39-43-71-63(47-53)64-48-54(40-44-72(64)81(71)75-77-73(51-23-7-1-8-24-51)76-74(78-75)52-25-9-2-10-26-52)80-68-38-22-20-36-62(68)66-50-60(42-46-70(66)80)85(83,57-31-15-5-16-32-57)58-33-17-6-18-34-58/h1-50H. The first-order valence-corrected chi connectivity index (χ1v) is 31.8. The van der Waals surface area contributed by atoms with Gasteiger partial charge in [0.05, 0.1) is 33.1 Å². The third-order valence-electron chi connectivity index (χ3n) is 16.7. The van der Waals surface area contributed by atoms with Crippen LogP contribution in [0.1, 0.15) is 0 Å². The number of rotatable bonds is 11. The van der Waals surface area contributed by atoms with E-state index in [1.54, 1.807) is 0 Å². The molecule has 4 aromatic heterocycles. The van der Waals surface area contributed by atoms with Crippen molar-refractivity contribution in [2.75, 3.05) is 0 Å². The summed E-state index contributed by atoms with van der Waals surface area (Å²) < 4.78 is 38.5. The van der Waals surface area contributed by atoms with Crippen molar-refractivity contribution in [3.63, 3.8) is 0 Å². The summed E-state index contributed by atoms with van der Waals surface area (Å²) in [4.78, 5) is 15.7. The second-order valence-electron chi connectivity index (χ2n) is 21.4. The molecule has 4 heterocycles. The van der Waals surface area contributed by atoms with E-state index < -0.39 is 14.3 Å². The summed E-state index contributed by atoms with van der Waals surface area (Å²) in [5.41, 5.74) is 9.55. The molecule has 8 nitrogen and oxygen atoms in total. The average molecular weight is 1130 g/mol. The smallest absolute Gasteiger partial charge is 0.238 e. The van der Waals surface area contributed by atoms with Crippen LogP contribution in [0.4, 0.5) is 0 Å². The van der Waals surface area contributed by atoms with Gasteiger partial charge in [0.2, 0.25) is 5.95 Å². The fraction of sp³-hybridized carbons (Fsp3) is 0. The second-order valence-corrected chi connectivity index (χ2v) is 27.0. The maximum Gasteiger partial charge on any atom is 0.238 e. The Balaban J connectivity index is 0.937. The molecular weight excluding hydrogens is 1080 g/mol. The quantitative estimate of drug-likeness (QED) is 0.120. The molecule has 0 aliphatic heterocycles. The highest BCUT2D eigenvalue weighted by atomic mass is 31.2. The van der Waals surface area contributed by atoms with Crippen LogP contribution in [-0.2, 0) is 9.13 Å². The van der Waals surface area contributed by atoms with Crippen molar-refractivity contribution < 1.29 is 9.13 Å². The summed E-state index contributed by atoms with van der Waals surface area (Å²) >= 11 is 0. The fourth-order valence-electron chi connectivity index (χ4n) is 12.7. The van der Waals surface area contributed by atoms with Gasteiger partial charge in [-0.1, -0.05) is 218 Å². The first-order chi connectivity index (χ1) is 41.9. The Morgan fingerprint density at radius 1 is 0.235 bits per heavy atom. The number of hydrogen-bond donors (Lipinski definition) is 0. The molecule has 0 aliphatic rings. The molecular formula is C75H50N6O2P2. The predicted octanol–water partition coefficient (Wildman–Crippen LogP) is 15.8. The van der Waals surface area contributed by atoms with Crippen molar-refractivity contribution >= 4 is 112 Å². The van der Waals surface area contributed by atoms with Gasteiger partial charge in [-0.25, -0.2) is 4.98 Å². The van der Waals surface area contributed by atoms with E-state index >= 15 is 9.13 Å². The zero-order chi connectivity index (χ0) is 56.6. The van der Waals surface area contributed by atoms with Crippen LogP contribution in [0, 0.1) is 0 Å². The van der Waals surface area contributed by atoms with Gasteiger partial charge in [0.15, 0.2) is 25.9 Å². The van der Waals surface area contributed by atoms with Crippen molar-refractivity contribution in [1.82, 2.24) is 28.7 Å². The van der Waals surface area contributed by atoms with Crippen molar-refractivity contribution in [3.05, 3.63) is 303 Å². The summed E-state index contributed by atoms with van der Waals surface area (Å²) in [5, 5.41) is 10.8. The third kappa shape index (κ3) is 8.09. The highest BCUT2D eigenvalue weighted by Gasteiger charge is 2.33. The molecule has 12 aromatic carbocycles. The van der Waals surface area contributed by atoms with Gasteiger partial charge in [0.25, 0.3) is 0 Å². The Kier molecular flexibility index (Phi) is 11.9. The number of benzene rings is 12. The minimum atomic E-state index is -3.29. The van der Waals surface area contributed by atoms with Crippen molar-refractivity contribution in [2.24, 2.45) is 0 Å². The van der Waals surface area contributed by atoms with Crippen molar-refractivity contribution in [3.8, 4) is 40.1 Å². The van der Waals surface area contributed by atoms with Crippen LogP contribution in [0.5, 0.6) is 0 Å². The molecule has 10 heteroatoms. The lowest BCUT2D eigenvalue weighted by atomic mass is 10.1. The summed E-state index contributed by atoms with van der Waals surface area (Å²) in [6.45, 7) is 0. The summed E-state index contributed by atoms with van der Waals surface area (Å²) in [6, 6.07) is 103. The molecule has 16 rings (SSSR count). The Morgan fingerprint density at radius 2 is 0.529 bits per heavy atom. The highest BCUT2D eigenvalue weighted by Crippen LogP contribution is 2.47. The highest BCUT2D eigenvalue weighted by molar-refractivity contribution is 7.85. The Morgan fingerprint density at radius 3 is 0.906 bits per heavy atom. The van der Waals surface area contributed by atoms with Crippen LogP contribution in [0.3, 0.4) is 0 Å². The monoisotopic (exact) mass is 1130 g/mol. The van der Waals surface area contributed by atoms with Crippen LogP contribution >= 0.6 is 14.3 Å². The molecule has 0 saturated carbocycles. The molecule has 0 unspecified atom stereocenters. The fourth-order valence-corrected chi connectivity index (χ4v) is 18.1. The molecule has 0 spiro atoms. The summed E-state index contributed by atoms with van der Waals surface area (Å²) in [5.74, 6) is 1.62. The lowest BCUT2D eigenvalue weighted by molar-refractivity contribution is 0.591. The molecule has 0 amide bonds. The van der Waals surface area contributed by atoms with Gasteiger partial charge in [-0.05, 0) is 84.9 Å². The molecule has 0 atom stereocenters. The number of aromatic nitrogens is 6. The number of para-hydroxylation sites is 2. The maximum absolute atomic E-state index is 15.9. The topological polar surface area (TPSA) is 87.6 Å². The number of nitrogens with zero attached hydrogens (tertiary/aromatic N) is 6. The van der Waals surface area contributed by atoms with E-state index in [9.17, 15) is 0 Å². The first-order valence-electron chi connectivity index (χ1n) is 28.4. The van der Waals surface area contributed by atoms with Gasteiger partial charge in [0, 0.05) is 86.6 Å². The molecule has 0 radical (unpaired) electrons. The molecule has 0 bridgehead atoms. The van der Waals surface area contributed by atoms with E-state index in [1.807, 2.05) is 182 Å². The van der Waals surface area contributed by atoms with Crippen LogP contribution < -0.4 is 31.8 Å². The molecule has 402 valence electrons. The predicted molar refractivity (Wildman–Crippen MR) is 353 cm³/mol. The minimum absolute atomic E-state index is 0.490.